The van der Waals surface area contributed by atoms with E-state index in [9.17, 15) is 0 Å². The van der Waals surface area contributed by atoms with Crippen LogP contribution in [0, 0.1) is 0 Å². The molecule has 1 heterocycles. The van der Waals surface area contributed by atoms with Crippen LogP contribution < -0.4 is 5.32 Å². The summed E-state index contributed by atoms with van der Waals surface area (Å²) in [5.41, 5.74) is 1.24. The van der Waals surface area contributed by atoms with Gasteiger partial charge in [0.1, 0.15) is 0 Å². The van der Waals surface area contributed by atoms with Gasteiger partial charge in [-0.2, -0.15) is 0 Å². The van der Waals surface area contributed by atoms with Crippen LogP contribution in [0.5, 0.6) is 0 Å². The molecule has 1 aromatic heterocycles. The van der Waals surface area contributed by atoms with Crippen LogP contribution in [0.15, 0.2) is 40.2 Å². The summed E-state index contributed by atoms with van der Waals surface area (Å²) in [5, 5.41) is 6.43. The molecule has 0 bridgehead atoms. The zero-order valence-electron chi connectivity index (χ0n) is 10.1. The van der Waals surface area contributed by atoms with Crippen molar-refractivity contribution in [1.29, 1.82) is 0 Å². The SMILES string of the molecule is CCNC(Cc1cc(Br)cs1)c1cccc(Cl)c1. The van der Waals surface area contributed by atoms with Gasteiger partial charge < -0.3 is 5.32 Å². The average Bonchev–Trinajstić information content (AvgIpc) is 2.74. The van der Waals surface area contributed by atoms with Gasteiger partial charge in [-0.3, -0.25) is 0 Å². The molecule has 0 saturated carbocycles. The summed E-state index contributed by atoms with van der Waals surface area (Å²) in [4.78, 5) is 1.37. The highest BCUT2D eigenvalue weighted by molar-refractivity contribution is 9.10. The zero-order chi connectivity index (χ0) is 13.0. The van der Waals surface area contributed by atoms with Gasteiger partial charge in [-0.05, 0) is 46.2 Å². The molecule has 0 spiro atoms. The molecule has 4 heteroatoms. The lowest BCUT2D eigenvalue weighted by molar-refractivity contribution is 0.553. The molecule has 2 aromatic rings. The number of nitrogens with one attached hydrogen (secondary N) is 1. The standard InChI is InChI=1S/C14H15BrClNS/c1-2-17-14(8-13-7-11(15)9-18-13)10-4-3-5-12(16)6-10/h3-7,9,14,17H,2,8H2,1H3. The van der Waals surface area contributed by atoms with E-state index in [1.807, 2.05) is 18.2 Å². The van der Waals surface area contributed by atoms with E-state index >= 15 is 0 Å². The minimum Gasteiger partial charge on any atom is -0.310 e. The molecule has 2 rings (SSSR count). The zero-order valence-corrected chi connectivity index (χ0v) is 13.3. The Balaban J connectivity index is 2.17. The first-order valence-corrected chi connectivity index (χ1v) is 7.96. The molecular weight excluding hydrogens is 330 g/mol. The van der Waals surface area contributed by atoms with Crippen molar-refractivity contribution in [2.24, 2.45) is 0 Å². The number of hydrogen-bond acceptors (Lipinski definition) is 2. The maximum absolute atomic E-state index is 6.06. The van der Waals surface area contributed by atoms with Crippen LogP contribution in [-0.2, 0) is 6.42 Å². The van der Waals surface area contributed by atoms with Gasteiger partial charge in [0.2, 0.25) is 0 Å². The molecule has 1 nitrogen and oxygen atoms in total. The Bertz CT molecular complexity index is 512. The Morgan fingerprint density at radius 2 is 2.22 bits per heavy atom. The van der Waals surface area contributed by atoms with Crippen LogP contribution in [0.1, 0.15) is 23.4 Å². The molecule has 1 unspecified atom stereocenters. The normalized spacial score (nSPS) is 12.6. The summed E-state index contributed by atoms with van der Waals surface area (Å²) < 4.78 is 1.16. The van der Waals surface area contributed by atoms with Crippen LogP contribution in [0.4, 0.5) is 0 Å². The fraction of sp³-hybridized carbons (Fsp3) is 0.286. The predicted molar refractivity (Wildman–Crippen MR) is 83.6 cm³/mol. The Morgan fingerprint density at radius 3 is 2.83 bits per heavy atom. The van der Waals surface area contributed by atoms with Crippen LogP contribution in [-0.4, -0.2) is 6.54 Å². The molecule has 96 valence electrons. The Labute approximate surface area is 125 Å². The maximum Gasteiger partial charge on any atom is 0.0409 e. The van der Waals surface area contributed by atoms with Crippen molar-refractivity contribution in [3.05, 3.63) is 55.6 Å². The van der Waals surface area contributed by atoms with E-state index in [-0.39, 0.29) is 0 Å². The molecular formula is C14H15BrClNS. The summed E-state index contributed by atoms with van der Waals surface area (Å²) >= 11 is 11.3. The summed E-state index contributed by atoms with van der Waals surface area (Å²) in [5.74, 6) is 0. The molecule has 0 aliphatic carbocycles. The molecule has 0 radical (unpaired) electrons. The first kappa shape index (κ1) is 14.1. The van der Waals surface area contributed by atoms with Gasteiger partial charge in [-0.25, -0.2) is 0 Å². The first-order chi connectivity index (χ1) is 8.69. The van der Waals surface area contributed by atoms with E-state index in [1.165, 1.54) is 10.4 Å². The summed E-state index contributed by atoms with van der Waals surface area (Å²) in [6.07, 6.45) is 0.991. The number of hydrogen-bond donors (Lipinski definition) is 1. The molecule has 0 fully saturated rings. The summed E-state index contributed by atoms with van der Waals surface area (Å²) in [6, 6.07) is 10.6. The lowest BCUT2D eigenvalue weighted by Crippen LogP contribution is -2.22. The van der Waals surface area contributed by atoms with Gasteiger partial charge in [0.05, 0.1) is 0 Å². The van der Waals surface area contributed by atoms with E-state index in [1.54, 1.807) is 11.3 Å². The number of halogens is 2. The topological polar surface area (TPSA) is 12.0 Å². The highest BCUT2D eigenvalue weighted by Crippen LogP contribution is 2.26. The smallest absolute Gasteiger partial charge is 0.0409 e. The fourth-order valence-electron chi connectivity index (χ4n) is 1.94. The third kappa shape index (κ3) is 3.82. The number of rotatable bonds is 5. The third-order valence-electron chi connectivity index (χ3n) is 2.73. The molecule has 1 N–H and O–H groups in total. The second-order valence-electron chi connectivity index (χ2n) is 4.10. The van der Waals surface area contributed by atoms with Gasteiger partial charge in [-0.1, -0.05) is 30.7 Å². The molecule has 0 saturated heterocycles. The molecule has 18 heavy (non-hydrogen) atoms. The van der Waals surface area contributed by atoms with Crippen LogP contribution in [0.3, 0.4) is 0 Å². The molecule has 0 amide bonds. The van der Waals surface area contributed by atoms with Crippen LogP contribution >= 0.6 is 38.9 Å². The van der Waals surface area contributed by atoms with Crippen LogP contribution in [0.2, 0.25) is 5.02 Å². The second kappa shape index (κ2) is 6.71. The molecule has 0 aliphatic heterocycles. The first-order valence-electron chi connectivity index (χ1n) is 5.90. The lowest BCUT2D eigenvalue weighted by Gasteiger charge is -2.17. The minimum atomic E-state index is 0.319. The molecule has 1 atom stereocenters. The van der Waals surface area contributed by atoms with Gasteiger partial charge >= 0.3 is 0 Å². The van der Waals surface area contributed by atoms with Crippen molar-refractivity contribution >= 4 is 38.9 Å². The highest BCUT2D eigenvalue weighted by atomic mass is 79.9. The van der Waals surface area contributed by atoms with Crippen molar-refractivity contribution in [3.63, 3.8) is 0 Å². The quantitative estimate of drug-likeness (QED) is 0.799. The van der Waals surface area contributed by atoms with E-state index in [0.717, 1.165) is 22.5 Å². The Hall–Kier alpha value is -0.350. The lowest BCUT2D eigenvalue weighted by atomic mass is 10.0. The van der Waals surface area contributed by atoms with E-state index in [0.29, 0.717) is 6.04 Å². The van der Waals surface area contributed by atoms with E-state index in [2.05, 4.69) is 45.7 Å². The highest BCUT2D eigenvalue weighted by Gasteiger charge is 2.12. The van der Waals surface area contributed by atoms with Gasteiger partial charge in [-0.15, -0.1) is 11.3 Å². The molecule has 0 aliphatic rings. The van der Waals surface area contributed by atoms with E-state index in [4.69, 9.17) is 11.6 Å². The number of benzene rings is 1. The Morgan fingerprint density at radius 1 is 1.39 bits per heavy atom. The number of thiophene rings is 1. The van der Waals surface area contributed by atoms with Gasteiger partial charge in [0.25, 0.3) is 0 Å². The van der Waals surface area contributed by atoms with Crippen molar-refractivity contribution in [1.82, 2.24) is 5.32 Å². The summed E-state index contributed by atoms with van der Waals surface area (Å²) in [6.45, 7) is 3.08. The van der Waals surface area contributed by atoms with Crippen molar-refractivity contribution in [2.75, 3.05) is 6.54 Å². The Kier molecular flexibility index (Phi) is 5.25. The van der Waals surface area contributed by atoms with E-state index < -0.39 is 0 Å². The fourth-order valence-corrected chi connectivity index (χ4v) is 3.64. The minimum absolute atomic E-state index is 0.319. The van der Waals surface area contributed by atoms with Gasteiger partial charge in [0, 0.05) is 32.2 Å². The number of likely N-dealkylation sites (N-methyl/N-ethyl adjacent to an activating group) is 1. The van der Waals surface area contributed by atoms with Gasteiger partial charge in [0.15, 0.2) is 0 Å². The average molecular weight is 345 g/mol. The predicted octanol–water partition coefficient (Wildman–Crippen LogP) is 5.06. The summed E-state index contributed by atoms with van der Waals surface area (Å²) in [7, 11) is 0. The maximum atomic E-state index is 6.06. The largest absolute Gasteiger partial charge is 0.310 e. The monoisotopic (exact) mass is 343 g/mol. The van der Waals surface area contributed by atoms with Crippen LogP contribution in [0.25, 0.3) is 0 Å². The third-order valence-corrected chi connectivity index (χ3v) is 4.68. The van der Waals surface area contributed by atoms with Crippen molar-refractivity contribution in [2.45, 2.75) is 19.4 Å². The second-order valence-corrected chi connectivity index (χ2v) is 6.45. The van der Waals surface area contributed by atoms with Crippen molar-refractivity contribution < 1.29 is 0 Å². The van der Waals surface area contributed by atoms with Crippen molar-refractivity contribution in [3.8, 4) is 0 Å². The molecule has 1 aromatic carbocycles.